The lowest BCUT2D eigenvalue weighted by Crippen LogP contribution is -2.15. The molecule has 1 aromatic heterocycles. The van der Waals surface area contributed by atoms with Crippen LogP contribution in [0.1, 0.15) is 19.5 Å². The van der Waals surface area contributed by atoms with Gasteiger partial charge in [0, 0.05) is 0 Å². The second kappa shape index (κ2) is 4.18. The summed E-state index contributed by atoms with van der Waals surface area (Å²) in [7, 11) is 1.60. The van der Waals surface area contributed by atoms with Gasteiger partial charge in [0.25, 0.3) is 0 Å². The molecular formula is C12H15N3O2. The number of benzene rings is 1. The number of ether oxygens (including phenoxy) is 1. The highest BCUT2D eigenvalue weighted by molar-refractivity contribution is 5.45. The summed E-state index contributed by atoms with van der Waals surface area (Å²) in [5, 5.41) is 17.8. The molecule has 0 bridgehead atoms. The van der Waals surface area contributed by atoms with Crippen molar-refractivity contribution in [3.63, 3.8) is 0 Å². The zero-order valence-corrected chi connectivity index (χ0v) is 10.1. The highest BCUT2D eigenvalue weighted by atomic mass is 16.5. The van der Waals surface area contributed by atoms with Gasteiger partial charge in [-0.05, 0) is 26.0 Å². The molecule has 0 unspecified atom stereocenters. The molecule has 0 radical (unpaired) electrons. The molecule has 0 spiro atoms. The Hall–Kier alpha value is -1.88. The fraction of sp³-hybridized carbons (Fsp3) is 0.333. The van der Waals surface area contributed by atoms with Crippen LogP contribution in [0.2, 0.25) is 0 Å². The SMILES string of the molecule is COc1ccccc1-n1cc(C(C)(C)O)nn1. The van der Waals surface area contributed by atoms with E-state index in [9.17, 15) is 5.11 Å². The third-order valence-corrected chi connectivity index (χ3v) is 2.45. The molecule has 1 N–H and O–H groups in total. The summed E-state index contributed by atoms with van der Waals surface area (Å²) in [6.07, 6.45) is 1.69. The van der Waals surface area contributed by atoms with E-state index in [-0.39, 0.29) is 0 Å². The standard InChI is InChI=1S/C12H15N3O2/c1-12(2,16)11-8-15(14-13-11)9-6-4-5-7-10(9)17-3/h4-8,16H,1-3H3. The van der Waals surface area contributed by atoms with E-state index < -0.39 is 5.60 Å². The Labute approximate surface area is 99.7 Å². The number of para-hydroxylation sites is 2. The highest BCUT2D eigenvalue weighted by Gasteiger charge is 2.20. The van der Waals surface area contributed by atoms with Crippen LogP contribution in [-0.2, 0) is 5.60 Å². The zero-order chi connectivity index (χ0) is 12.5. The molecule has 5 nitrogen and oxygen atoms in total. The van der Waals surface area contributed by atoms with Gasteiger partial charge in [-0.15, -0.1) is 5.10 Å². The summed E-state index contributed by atoms with van der Waals surface area (Å²) in [4.78, 5) is 0. The molecule has 5 heteroatoms. The maximum Gasteiger partial charge on any atom is 0.144 e. The number of hydrogen-bond donors (Lipinski definition) is 1. The predicted molar refractivity (Wildman–Crippen MR) is 63.2 cm³/mol. The van der Waals surface area contributed by atoms with Crippen LogP contribution in [0.3, 0.4) is 0 Å². The van der Waals surface area contributed by atoms with E-state index in [0.717, 1.165) is 5.69 Å². The third-order valence-electron chi connectivity index (χ3n) is 2.45. The minimum Gasteiger partial charge on any atom is -0.494 e. The molecule has 17 heavy (non-hydrogen) atoms. The third kappa shape index (κ3) is 2.29. The van der Waals surface area contributed by atoms with E-state index in [0.29, 0.717) is 11.4 Å². The van der Waals surface area contributed by atoms with Gasteiger partial charge in [-0.1, -0.05) is 17.3 Å². The maximum atomic E-state index is 9.83. The molecule has 0 aliphatic heterocycles. The van der Waals surface area contributed by atoms with Crippen molar-refractivity contribution in [2.75, 3.05) is 7.11 Å². The molecule has 0 amide bonds. The number of aliphatic hydroxyl groups is 1. The van der Waals surface area contributed by atoms with E-state index in [4.69, 9.17) is 4.74 Å². The number of nitrogens with zero attached hydrogens (tertiary/aromatic N) is 3. The molecule has 0 fully saturated rings. The summed E-state index contributed by atoms with van der Waals surface area (Å²) >= 11 is 0. The van der Waals surface area contributed by atoms with Crippen molar-refractivity contribution >= 4 is 0 Å². The van der Waals surface area contributed by atoms with Crippen molar-refractivity contribution in [1.29, 1.82) is 0 Å². The second-order valence-electron chi connectivity index (χ2n) is 4.28. The average Bonchev–Trinajstić information content (AvgIpc) is 2.77. The van der Waals surface area contributed by atoms with Crippen LogP contribution in [-0.4, -0.2) is 27.2 Å². The molecule has 0 aliphatic carbocycles. The first kappa shape index (κ1) is 11.6. The van der Waals surface area contributed by atoms with Gasteiger partial charge >= 0.3 is 0 Å². The minimum absolute atomic E-state index is 0.517. The summed E-state index contributed by atoms with van der Waals surface area (Å²) in [6.45, 7) is 3.34. The Morgan fingerprint density at radius 3 is 2.59 bits per heavy atom. The van der Waals surface area contributed by atoms with E-state index in [1.165, 1.54) is 0 Å². The molecule has 2 aromatic rings. The van der Waals surface area contributed by atoms with E-state index >= 15 is 0 Å². The van der Waals surface area contributed by atoms with Gasteiger partial charge < -0.3 is 9.84 Å². The molecule has 1 heterocycles. The van der Waals surface area contributed by atoms with Gasteiger partial charge in [-0.3, -0.25) is 0 Å². The summed E-state index contributed by atoms with van der Waals surface area (Å²) in [6, 6.07) is 7.50. The van der Waals surface area contributed by atoms with Gasteiger partial charge in [0.05, 0.1) is 13.3 Å². The number of hydrogen-bond acceptors (Lipinski definition) is 4. The predicted octanol–water partition coefficient (Wildman–Crippen LogP) is 1.50. The Balaban J connectivity index is 2.44. The lowest BCUT2D eigenvalue weighted by atomic mass is 10.1. The molecular weight excluding hydrogens is 218 g/mol. The van der Waals surface area contributed by atoms with Crippen LogP contribution in [0.4, 0.5) is 0 Å². The van der Waals surface area contributed by atoms with Gasteiger partial charge in [0.2, 0.25) is 0 Å². The topological polar surface area (TPSA) is 60.2 Å². The quantitative estimate of drug-likeness (QED) is 0.872. The van der Waals surface area contributed by atoms with Crippen molar-refractivity contribution < 1.29 is 9.84 Å². The summed E-state index contributed by atoms with van der Waals surface area (Å²) in [5.41, 5.74) is 0.307. The van der Waals surface area contributed by atoms with Crippen LogP contribution in [0.5, 0.6) is 5.75 Å². The highest BCUT2D eigenvalue weighted by Crippen LogP contribution is 2.23. The van der Waals surface area contributed by atoms with Crippen LogP contribution in [0.15, 0.2) is 30.5 Å². The fourth-order valence-corrected chi connectivity index (χ4v) is 1.48. The van der Waals surface area contributed by atoms with Crippen molar-refractivity contribution in [3.05, 3.63) is 36.2 Å². The Morgan fingerprint density at radius 2 is 2.00 bits per heavy atom. The smallest absolute Gasteiger partial charge is 0.144 e. The van der Waals surface area contributed by atoms with Crippen LogP contribution >= 0.6 is 0 Å². The first-order valence-corrected chi connectivity index (χ1v) is 5.31. The van der Waals surface area contributed by atoms with Gasteiger partial charge in [-0.2, -0.15) is 0 Å². The first-order valence-electron chi connectivity index (χ1n) is 5.31. The molecule has 2 rings (SSSR count). The Kier molecular flexibility index (Phi) is 2.85. The van der Waals surface area contributed by atoms with E-state index in [2.05, 4.69) is 10.3 Å². The normalized spacial score (nSPS) is 11.5. The zero-order valence-electron chi connectivity index (χ0n) is 10.1. The molecule has 0 saturated heterocycles. The Bertz CT molecular complexity index is 514. The first-order chi connectivity index (χ1) is 8.02. The molecule has 90 valence electrons. The second-order valence-corrected chi connectivity index (χ2v) is 4.28. The number of aromatic nitrogens is 3. The number of methoxy groups -OCH3 is 1. The van der Waals surface area contributed by atoms with Gasteiger partial charge in [0.1, 0.15) is 22.7 Å². The average molecular weight is 233 g/mol. The summed E-state index contributed by atoms with van der Waals surface area (Å²) in [5.74, 6) is 0.708. The van der Waals surface area contributed by atoms with E-state index in [1.807, 2.05) is 24.3 Å². The molecule has 0 saturated carbocycles. The van der Waals surface area contributed by atoms with Crippen molar-refractivity contribution in [1.82, 2.24) is 15.0 Å². The Morgan fingerprint density at radius 1 is 1.29 bits per heavy atom. The molecule has 0 atom stereocenters. The van der Waals surface area contributed by atoms with E-state index in [1.54, 1.807) is 31.8 Å². The number of rotatable bonds is 3. The largest absolute Gasteiger partial charge is 0.494 e. The minimum atomic E-state index is -1.000. The van der Waals surface area contributed by atoms with Crippen molar-refractivity contribution in [2.45, 2.75) is 19.4 Å². The summed E-state index contributed by atoms with van der Waals surface area (Å²) < 4.78 is 6.83. The monoisotopic (exact) mass is 233 g/mol. The van der Waals surface area contributed by atoms with Crippen molar-refractivity contribution in [2.24, 2.45) is 0 Å². The van der Waals surface area contributed by atoms with Crippen LogP contribution in [0.25, 0.3) is 5.69 Å². The molecule has 1 aromatic carbocycles. The van der Waals surface area contributed by atoms with Crippen LogP contribution < -0.4 is 4.74 Å². The lowest BCUT2D eigenvalue weighted by Gasteiger charge is -2.12. The van der Waals surface area contributed by atoms with Gasteiger partial charge in [0.15, 0.2) is 0 Å². The fourth-order valence-electron chi connectivity index (χ4n) is 1.48. The molecule has 0 aliphatic rings. The maximum absolute atomic E-state index is 9.83. The lowest BCUT2D eigenvalue weighted by molar-refractivity contribution is 0.0737. The van der Waals surface area contributed by atoms with Crippen molar-refractivity contribution in [3.8, 4) is 11.4 Å². The van der Waals surface area contributed by atoms with Gasteiger partial charge in [-0.25, -0.2) is 4.68 Å². The van der Waals surface area contributed by atoms with Crippen LogP contribution in [0, 0.1) is 0 Å².